The maximum atomic E-state index is 14.5. The lowest BCUT2D eigenvalue weighted by Crippen LogP contribution is -2.41. The van der Waals surface area contributed by atoms with Crippen LogP contribution in [0.1, 0.15) is 43.5 Å². The van der Waals surface area contributed by atoms with Crippen molar-refractivity contribution in [3.05, 3.63) is 65.0 Å². The molecule has 0 saturated heterocycles. The number of carbonyl (C=O) groups excluding carboxylic acids is 1. The van der Waals surface area contributed by atoms with E-state index in [-0.39, 0.29) is 17.8 Å². The van der Waals surface area contributed by atoms with Crippen LogP contribution in [0, 0.1) is 5.82 Å². The Hall–Kier alpha value is -2.53. The van der Waals surface area contributed by atoms with Crippen molar-refractivity contribution in [1.82, 2.24) is 0 Å². The van der Waals surface area contributed by atoms with Gasteiger partial charge in [0.1, 0.15) is 11.4 Å². The van der Waals surface area contributed by atoms with E-state index in [0.29, 0.717) is 22.5 Å². The van der Waals surface area contributed by atoms with E-state index in [9.17, 15) is 9.18 Å². The summed E-state index contributed by atoms with van der Waals surface area (Å²) in [4.78, 5) is 19.0. The van der Waals surface area contributed by atoms with E-state index >= 15 is 0 Å². The summed E-state index contributed by atoms with van der Waals surface area (Å²) in [6.07, 6.45) is 0. The van der Waals surface area contributed by atoms with Gasteiger partial charge in [-0.2, -0.15) is 0 Å². The fourth-order valence-electron chi connectivity index (χ4n) is 3.08. The molecule has 1 atom stereocenters. The van der Waals surface area contributed by atoms with Crippen LogP contribution in [-0.4, -0.2) is 24.2 Å². The third-order valence-electron chi connectivity index (χ3n) is 4.51. The zero-order valence-electron chi connectivity index (χ0n) is 14.9. The molecule has 1 amide bonds. The molecule has 0 saturated carbocycles. The van der Waals surface area contributed by atoms with Crippen molar-refractivity contribution in [1.29, 1.82) is 0 Å². The number of hydrogen-bond acceptors (Lipinski definition) is 3. The summed E-state index contributed by atoms with van der Waals surface area (Å²) in [5.74, 6) is -0.514. The molecule has 25 heavy (non-hydrogen) atoms. The summed E-state index contributed by atoms with van der Waals surface area (Å²) < 4.78 is 14.5. The van der Waals surface area contributed by atoms with E-state index in [2.05, 4.69) is 4.99 Å². The molecule has 0 fully saturated rings. The summed E-state index contributed by atoms with van der Waals surface area (Å²) in [5.41, 5.74) is 8.18. The molecular weight excluding hydrogens is 317 g/mol. The predicted octanol–water partition coefficient (Wildman–Crippen LogP) is 3.44. The minimum absolute atomic E-state index is 0.145. The summed E-state index contributed by atoms with van der Waals surface area (Å²) in [7, 11) is 1.72. The van der Waals surface area contributed by atoms with Gasteiger partial charge in [0.2, 0.25) is 0 Å². The molecule has 130 valence electrons. The Balaban J connectivity index is 2.35. The Bertz CT molecular complexity index is 871. The normalized spacial score (nSPS) is 17.6. The van der Waals surface area contributed by atoms with Crippen LogP contribution >= 0.6 is 0 Å². The summed E-state index contributed by atoms with van der Waals surface area (Å²) >= 11 is 0. The summed E-state index contributed by atoms with van der Waals surface area (Å²) in [5, 5.41) is 0. The van der Waals surface area contributed by atoms with Crippen molar-refractivity contribution in [3.63, 3.8) is 0 Å². The van der Waals surface area contributed by atoms with Crippen molar-refractivity contribution in [3.8, 4) is 0 Å². The third kappa shape index (κ3) is 2.96. The van der Waals surface area contributed by atoms with Gasteiger partial charge < -0.3 is 10.6 Å². The fraction of sp³-hybridized carbons (Fsp3) is 0.300. The highest BCUT2D eigenvalue weighted by atomic mass is 19.1. The highest BCUT2D eigenvalue weighted by molar-refractivity contribution is 6.20. The lowest BCUT2D eigenvalue weighted by molar-refractivity contribution is -0.122. The zero-order valence-corrected chi connectivity index (χ0v) is 14.9. The van der Waals surface area contributed by atoms with Crippen LogP contribution in [0.25, 0.3) is 0 Å². The van der Waals surface area contributed by atoms with Gasteiger partial charge in [0, 0.05) is 24.2 Å². The highest BCUT2D eigenvalue weighted by Gasteiger charge is 2.36. The van der Waals surface area contributed by atoms with Gasteiger partial charge in [-0.1, -0.05) is 18.2 Å². The number of anilines is 1. The number of nitrogens with zero attached hydrogens (tertiary/aromatic N) is 2. The van der Waals surface area contributed by atoms with Crippen LogP contribution in [-0.2, 0) is 4.79 Å². The van der Waals surface area contributed by atoms with Crippen LogP contribution in [0.3, 0.4) is 0 Å². The van der Waals surface area contributed by atoms with Gasteiger partial charge in [-0.3, -0.25) is 9.79 Å². The molecule has 1 unspecified atom stereocenters. The largest absolute Gasteiger partial charge is 0.324 e. The van der Waals surface area contributed by atoms with Gasteiger partial charge in [0.25, 0.3) is 5.91 Å². The number of halogens is 1. The molecule has 1 aliphatic heterocycles. The highest BCUT2D eigenvalue weighted by Crippen LogP contribution is 2.33. The van der Waals surface area contributed by atoms with Gasteiger partial charge in [-0.05, 0) is 50.6 Å². The first-order chi connectivity index (χ1) is 11.7. The molecule has 3 rings (SSSR count). The molecule has 4 nitrogen and oxygen atoms in total. The molecule has 0 aliphatic carbocycles. The van der Waals surface area contributed by atoms with Crippen molar-refractivity contribution in [2.24, 2.45) is 10.7 Å². The topological polar surface area (TPSA) is 58.7 Å². The first kappa shape index (κ1) is 17.3. The molecule has 2 aromatic rings. The molecule has 1 aliphatic rings. The van der Waals surface area contributed by atoms with Gasteiger partial charge in [0.05, 0.1) is 11.4 Å². The maximum absolute atomic E-state index is 14.5. The minimum atomic E-state index is -1.00. The number of benzodiazepines with no additional fused rings is 1. The zero-order chi connectivity index (χ0) is 18.4. The maximum Gasteiger partial charge on any atom is 0.254 e. The third-order valence-corrected chi connectivity index (χ3v) is 4.51. The lowest BCUT2D eigenvalue weighted by Gasteiger charge is -2.24. The number of fused-ring (bicyclic) bond motifs is 1. The van der Waals surface area contributed by atoms with Gasteiger partial charge in [-0.25, -0.2) is 4.39 Å². The monoisotopic (exact) mass is 339 g/mol. The Morgan fingerprint density at radius 3 is 2.48 bits per heavy atom. The number of likely N-dealkylation sites (N-methyl/N-ethyl adjacent to an activating group) is 1. The summed E-state index contributed by atoms with van der Waals surface area (Å²) in [6, 6.07) is 11.9. The standard InChI is InChI=1S/C20H22FN3O/c1-12(22)13-9-10-17-15(11-13)18(14-7-5-6-8-16(14)21)23-20(2,3)19(25)24(17)4/h5-12H,22H2,1-4H3. The second-order valence-corrected chi connectivity index (χ2v) is 6.93. The smallest absolute Gasteiger partial charge is 0.254 e. The second-order valence-electron chi connectivity index (χ2n) is 6.93. The van der Waals surface area contributed by atoms with Crippen LogP contribution in [0.4, 0.5) is 10.1 Å². The molecule has 0 bridgehead atoms. The van der Waals surface area contributed by atoms with E-state index < -0.39 is 5.54 Å². The average Bonchev–Trinajstić information content (AvgIpc) is 2.64. The average molecular weight is 339 g/mol. The molecule has 2 N–H and O–H groups in total. The predicted molar refractivity (Wildman–Crippen MR) is 98.6 cm³/mol. The molecule has 1 heterocycles. The van der Waals surface area contributed by atoms with Crippen LogP contribution < -0.4 is 10.6 Å². The van der Waals surface area contributed by atoms with Gasteiger partial charge in [-0.15, -0.1) is 0 Å². The lowest BCUT2D eigenvalue weighted by atomic mass is 9.96. The number of carbonyl (C=O) groups is 1. The molecule has 0 spiro atoms. The van der Waals surface area contributed by atoms with Crippen molar-refractivity contribution < 1.29 is 9.18 Å². The van der Waals surface area contributed by atoms with E-state index in [4.69, 9.17) is 5.73 Å². The number of hydrogen-bond donors (Lipinski definition) is 1. The molecule has 0 aromatic heterocycles. The SMILES string of the molecule is CC(N)c1ccc2c(c1)C(c1ccccc1F)=NC(C)(C)C(=O)N2C. The van der Waals surface area contributed by atoms with E-state index in [1.807, 2.05) is 25.1 Å². The molecule has 2 aromatic carbocycles. The Kier molecular flexibility index (Phi) is 4.21. The number of amides is 1. The quantitative estimate of drug-likeness (QED) is 0.911. The number of rotatable bonds is 2. The van der Waals surface area contributed by atoms with Gasteiger partial charge in [0.15, 0.2) is 0 Å². The first-order valence-corrected chi connectivity index (χ1v) is 8.25. The Labute approximate surface area is 147 Å². The van der Waals surface area contributed by atoms with Crippen LogP contribution in [0.15, 0.2) is 47.5 Å². The Morgan fingerprint density at radius 1 is 1.16 bits per heavy atom. The first-order valence-electron chi connectivity index (χ1n) is 8.25. The van der Waals surface area contributed by atoms with Crippen molar-refractivity contribution in [2.45, 2.75) is 32.4 Å². The minimum Gasteiger partial charge on any atom is -0.324 e. The summed E-state index contributed by atoms with van der Waals surface area (Å²) in [6.45, 7) is 5.37. The number of nitrogens with two attached hydrogens (primary N) is 1. The van der Waals surface area contributed by atoms with Crippen LogP contribution in [0.5, 0.6) is 0 Å². The van der Waals surface area contributed by atoms with Crippen molar-refractivity contribution in [2.75, 3.05) is 11.9 Å². The fourth-order valence-corrected chi connectivity index (χ4v) is 3.08. The van der Waals surface area contributed by atoms with Crippen LogP contribution in [0.2, 0.25) is 0 Å². The second kappa shape index (κ2) is 6.08. The van der Waals surface area contributed by atoms with E-state index in [1.54, 1.807) is 44.0 Å². The number of aliphatic imine (C=N–C) groups is 1. The molecule has 0 radical (unpaired) electrons. The van der Waals surface area contributed by atoms with Gasteiger partial charge >= 0.3 is 0 Å². The van der Waals surface area contributed by atoms with E-state index in [0.717, 1.165) is 5.56 Å². The molecular formula is C20H22FN3O. The van der Waals surface area contributed by atoms with E-state index in [1.165, 1.54) is 6.07 Å². The number of benzene rings is 2. The van der Waals surface area contributed by atoms with Crippen molar-refractivity contribution >= 4 is 17.3 Å². The Morgan fingerprint density at radius 2 is 1.84 bits per heavy atom. The molecule has 5 heteroatoms.